The van der Waals surface area contributed by atoms with Crippen molar-refractivity contribution in [2.24, 2.45) is 5.73 Å². The van der Waals surface area contributed by atoms with Gasteiger partial charge in [0, 0.05) is 18.0 Å². The van der Waals surface area contributed by atoms with Gasteiger partial charge >= 0.3 is 0 Å². The number of hydrogen-bond acceptors (Lipinski definition) is 5. The second kappa shape index (κ2) is 5.64. The fraction of sp³-hybridized carbons (Fsp3) is 0.385. The van der Waals surface area contributed by atoms with E-state index in [1.165, 1.54) is 0 Å². The van der Waals surface area contributed by atoms with Gasteiger partial charge in [-0.25, -0.2) is 0 Å². The standard InChI is InChI=1S/C13H17N3O2/c1-2-3-10(14)8-12-15-13(16-18-12)9-4-6-11(17)7-5-9/h4-7,10,17H,2-3,8,14H2,1H3. The lowest BCUT2D eigenvalue weighted by Gasteiger charge is -2.05. The molecule has 0 saturated carbocycles. The number of hydrogen-bond donors (Lipinski definition) is 2. The zero-order chi connectivity index (χ0) is 13.0. The second-order valence-electron chi connectivity index (χ2n) is 4.31. The summed E-state index contributed by atoms with van der Waals surface area (Å²) >= 11 is 0. The minimum Gasteiger partial charge on any atom is -0.508 e. The predicted octanol–water partition coefficient (Wildman–Crippen LogP) is 2.11. The van der Waals surface area contributed by atoms with Crippen molar-refractivity contribution >= 4 is 0 Å². The molecule has 18 heavy (non-hydrogen) atoms. The lowest BCUT2D eigenvalue weighted by atomic mass is 10.1. The summed E-state index contributed by atoms with van der Waals surface area (Å²) in [6, 6.07) is 6.73. The van der Waals surface area contributed by atoms with Gasteiger partial charge in [0.2, 0.25) is 11.7 Å². The van der Waals surface area contributed by atoms with Crippen molar-refractivity contribution in [2.75, 3.05) is 0 Å². The van der Waals surface area contributed by atoms with Crippen molar-refractivity contribution in [1.82, 2.24) is 10.1 Å². The molecular weight excluding hydrogens is 230 g/mol. The Morgan fingerprint density at radius 3 is 2.72 bits per heavy atom. The highest BCUT2D eigenvalue weighted by Crippen LogP contribution is 2.19. The van der Waals surface area contributed by atoms with Crippen LogP contribution in [0.1, 0.15) is 25.7 Å². The van der Waals surface area contributed by atoms with E-state index >= 15 is 0 Å². The van der Waals surface area contributed by atoms with Gasteiger partial charge in [0.05, 0.1) is 0 Å². The third-order valence-electron chi connectivity index (χ3n) is 2.69. The lowest BCUT2D eigenvalue weighted by Crippen LogP contribution is -2.22. The van der Waals surface area contributed by atoms with Gasteiger partial charge < -0.3 is 15.4 Å². The molecule has 1 heterocycles. The Hall–Kier alpha value is -1.88. The Morgan fingerprint density at radius 2 is 2.06 bits per heavy atom. The summed E-state index contributed by atoms with van der Waals surface area (Å²) < 4.78 is 5.16. The molecule has 1 atom stereocenters. The van der Waals surface area contributed by atoms with E-state index in [0.717, 1.165) is 18.4 Å². The Bertz CT molecular complexity index is 493. The summed E-state index contributed by atoms with van der Waals surface area (Å²) in [5.74, 6) is 1.29. The summed E-state index contributed by atoms with van der Waals surface area (Å²) in [4.78, 5) is 4.29. The number of phenolic OH excluding ortho intramolecular Hbond substituents is 1. The molecule has 0 saturated heterocycles. The van der Waals surface area contributed by atoms with Gasteiger partial charge in [-0.3, -0.25) is 0 Å². The van der Waals surface area contributed by atoms with E-state index in [1.807, 2.05) is 0 Å². The summed E-state index contributed by atoms with van der Waals surface area (Å²) in [7, 11) is 0. The van der Waals surface area contributed by atoms with E-state index in [1.54, 1.807) is 24.3 Å². The van der Waals surface area contributed by atoms with Crippen molar-refractivity contribution < 1.29 is 9.63 Å². The highest BCUT2D eigenvalue weighted by Gasteiger charge is 2.11. The number of rotatable bonds is 5. The zero-order valence-corrected chi connectivity index (χ0v) is 10.3. The maximum absolute atomic E-state index is 9.21. The molecule has 0 fully saturated rings. The van der Waals surface area contributed by atoms with Gasteiger partial charge in [-0.05, 0) is 30.7 Å². The van der Waals surface area contributed by atoms with Crippen LogP contribution in [-0.2, 0) is 6.42 Å². The number of nitrogens with two attached hydrogens (primary N) is 1. The maximum atomic E-state index is 9.21. The summed E-state index contributed by atoms with van der Waals surface area (Å²) in [5, 5.41) is 13.1. The normalized spacial score (nSPS) is 12.6. The van der Waals surface area contributed by atoms with Crippen molar-refractivity contribution in [1.29, 1.82) is 0 Å². The van der Waals surface area contributed by atoms with Crippen LogP contribution < -0.4 is 5.73 Å². The third kappa shape index (κ3) is 3.07. The van der Waals surface area contributed by atoms with Crippen molar-refractivity contribution in [2.45, 2.75) is 32.2 Å². The minimum absolute atomic E-state index is 0.0584. The summed E-state index contributed by atoms with van der Waals surface area (Å²) in [6.45, 7) is 2.09. The van der Waals surface area contributed by atoms with E-state index < -0.39 is 0 Å². The zero-order valence-electron chi connectivity index (χ0n) is 10.3. The minimum atomic E-state index is 0.0584. The first-order chi connectivity index (χ1) is 8.69. The molecule has 0 bridgehead atoms. The van der Waals surface area contributed by atoms with Crippen LogP contribution in [0.2, 0.25) is 0 Å². The molecule has 0 aliphatic heterocycles. The molecule has 1 aromatic carbocycles. The Balaban J connectivity index is 2.08. The molecule has 0 spiro atoms. The first-order valence-electron chi connectivity index (χ1n) is 6.06. The van der Waals surface area contributed by atoms with E-state index in [-0.39, 0.29) is 11.8 Å². The number of benzene rings is 1. The highest BCUT2D eigenvalue weighted by atomic mass is 16.5. The van der Waals surface area contributed by atoms with Crippen molar-refractivity contribution in [3.05, 3.63) is 30.2 Å². The van der Waals surface area contributed by atoms with Gasteiger partial charge in [-0.2, -0.15) is 4.98 Å². The molecule has 96 valence electrons. The fourth-order valence-corrected chi connectivity index (χ4v) is 1.76. The van der Waals surface area contributed by atoms with E-state index in [2.05, 4.69) is 17.1 Å². The van der Waals surface area contributed by atoms with Gasteiger partial charge in [-0.1, -0.05) is 18.5 Å². The first kappa shape index (κ1) is 12.6. The van der Waals surface area contributed by atoms with Crippen molar-refractivity contribution in [3.8, 4) is 17.1 Å². The van der Waals surface area contributed by atoms with Gasteiger partial charge in [0.15, 0.2) is 0 Å². The van der Waals surface area contributed by atoms with Gasteiger partial charge in [0.25, 0.3) is 0 Å². The molecule has 2 rings (SSSR count). The molecule has 0 radical (unpaired) electrons. The number of aromatic nitrogens is 2. The fourth-order valence-electron chi connectivity index (χ4n) is 1.76. The SMILES string of the molecule is CCCC(N)Cc1nc(-c2ccc(O)cc2)no1. The topological polar surface area (TPSA) is 85.2 Å². The lowest BCUT2D eigenvalue weighted by molar-refractivity contribution is 0.366. The van der Waals surface area contributed by atoms with E-state index in [0.29, 0.717) is 18.1 Å². The average Bonchev–Trinajstić information content (AvgIpc) is 2.78. The van der Waals surface area contributed by atoms with Crippen LogP contribution in [0.5, 0.6) is 5.75 Å². The highest BCUT2D eigenvalue weighted by molar-refractivity contribution is 5.55. The Morgan fingerprint density at radius 1 is 1.33 bits per heavy atom. The molecule has 1 unspecified atom stereocenters. The van der Waals surface area contributed by atoms with E-state index in [9.17, 15) is 5.11 Å². The molecule has 3 N–H and O–H groups in total. The molecule has 5 heteroatoms. The second-order valence-corrected chi connectivity index (χ2v) is 4.31. The quantitative estimate of drug-likeness (QED) is 0.845. The van der Waals surface area contributed by atoms with Crippen LogP contribution in [0, 0.1) is 0 Å². The van der Waals surface area contributed by atoms with Crippen LogP contribution in [0.15, 0.2) is 28.8 Å². The van der Waals surface area contributed by atoms with Crippen LogP contribution in [-0.4, -0.2) is 21.3 Å². The smallest absolute Gasteiger partial charge is 0.228 e. The van der Waals surface area contributed by atoms with Crippen LogP contribution >= 0.6 is 0 Å². The molecule has 0 amide bonds. The number of phenols is 1. The summed E-state index contributed by atoms with van der Waals surface area (Å²) in [6.07, 6.45) is 2.58. The van der Waals surface area contributed by atoms with E-state index in [4.69, 9.17) is 10.3 Å². The van der Waals surface area contributed by atoms with Crippen molar-refractivity contribution in [3.63, 3.8) is 0 Å². The first-order valence-corrected chi connectivity index (χ1v) is 6.06. The largest absolute Gasteiger partial charge is 0.508 e. The molecule has 1 aromatic heterocycles. The Labute approximate surface area is 106 Å². The predicted molar refractivity (Wildman–Crippen MR) is 68.0 cm³/mol. The number of aromatic hydroxyl groups is 1. The maximum Gasteiger partial charge on any atom is 0.228 e. The number of nitrogens with zero attached hydrogens (tertiary/aromatic N) is 2. The van der Waals surface area contributed by atoms with Gasteiger partial charge in [-0.15, -0.1) is 0 Å². The molecule has 2 aromatic rings. The Kier molecular flexibility index (Phi) is 3.94. The van der Waals surface area contributed by atoms with Crippen LogP contribution in [0.4, 0.5) is 0 Å². The molecule has 0 aliphatic carbocycles. The molecule has 0 aliphatic rings. The monoisotopic (exact) mass is 247 g/mol. The molecular formula is C13H17N3O2. The van der Waals surface area contributed by atoms with Crippen LogP contribution in [0.3, 0.4) is 0 Å². The third-order valence-corrected chi connectivity index (χ3v) is 2.69. The van der Waals surface area contributed by atoms with Gasteiger partial charge in [0.1, 0.15) is 5.75 Å². The van der Waals surface area contributed by atoms with Crippen LogP contribution in [0.25, 0.3) is 11.4 Å². The molecule has 5 nitrogen and oxygen atoms in total. The average molecular weight is 247 g/mol. The summed E-state index contributed by atoms with van der Waals surface area (Å²) in [5.41, 5.74) is 6.74.